The molecule has 1 aromatic carbocycles. The van der Waals surface area contributed by atoms with Gasteiger partial charge in [-0.15, -0.1) is 24.0 Å². The summed E-state index contributed by atoms with van der Waals surface area (Å²) in [5, 5.41) is 7.71. The highest BCUT2D eigenvalue weighted by Crippen LogP contribution is 2.11. The van der Waals surface area contributed by atoms with Crippen molar-refractivity contribution in [2.24, 2.45) is 4.99 Å². The second-order valence-corrected chi connectivity index (χ2v) is 7.18. The van der Waals surface area contributed by atoms with E-state index in [1.165, 1.54) is 17.4 Å². The molecule has 31 heavy (non-hydrogen) atoms. The molecule has 1 aliphatic rings. The van der Waals surface area contributed by atoms with Crippen LogP contribution in [0.2, 0.25) is 0 Å². The average molecular weight is 534 g/mol. The summed E-state index contributed by atoms with van der Waals surface area (Å²) in [5.74, 6) is 1.18. The molecule has 0 bridgehead atoms. The average Bonchev–Trinajstić information content (AvgIpc) is 3.49. The quantitative estimate of drug-likeness (QED) is 0.310. The Morgan fingerprint density at radius 3 is 2.55 bits per heavy atom. The van der Waals surface area contributed by atoms with Crippen LogP contribution in [-0.2, 0) is 13.1 Å². The highest BCUT2D eigenvalue weighted by molar-refractivity contribution is 14.0. The number of hydrogen-bond donors (Lipinski definition) is 1. The molecule has 1 N–H and O–H groups in total. The van der Waals surface area contributed by atoms with Gasteiger partial charge in [0.2, 0.25) is 0 Å². The molecule has 1 fully saturated rings. The molecule has 2 aromatic heterocycles. The summed E-state index contributed by atoms with van der Waals surface area (Å²) < 4.78 is 7.14. The van der Waals surface area contributed by atoms with E-state index < -0.39 is 0 Å². The molecule has 164 valence electrons. The number of carbonyl (C=O) groups excluding carboxylic acids is 1. The van der Waals surface area contributed by atoms with Crippen LogP contribution < -0.4 is 5.32 Å². The molecule has 0 aliphatic carbocycles. The first-order valence-corrected chi connectivity index (χ1v) is 10.1. The molecule has 1 aliphatic heterocycles. The van der Waals surface area contributed by atoms with Crippen LogP contribution in [0.1, 0.15) is 21.7 Å². The molecule has 1 amide bonds. The Bertz CT molecular complexity index is 979. The minimum Gasteiger partial charge on any atom is -0.459 e. The number of amides is 1. The van der Waals surface area contributed by atoms with Gasteiger partial charge in [-0.2, -0.15) is 5.10 Å². The van der Waals surface area contributed by atoms with Crippen molar-refractivity contribution in [1.82, 2.24) is 24.9 Å². The van der Waals surface area contributed by atoms with Crippen LogP contribution in [0, 0.1) is 0 Å². The number of nitrogens with zero attached hydrogens (tertiary/aromatic N) is 5. The molecule has 1 saturated heterocycles. The van der Waals surface area contributed by atoms with Gasteiger partial charge in [0.05, 0.1) is 12.8 Å². The minimum atomic E-state index is -0.0587. The molecular formula is C22H27IN6O2. The number of aliphatic imine (C=N–C) groups is 1. The second-order valence-electron chi connectivity index (χ2n) is 7.18. The maximum Gasteiger partial charge on any atom is 0.289 e. The van der Waals surface area contributed by atoms with E-state index in [0.29, 0.717) is 25.4 Å². The zero-order chi connectivity index (χ0) is 20.8. The Labute approximate surface area is 198 Å². The molecule has 0 spiro atoms. The van der Waals surface area contributed by atoms with Crippen molar-refractivity contribution in [3.63, 3.8) is 0 Å². The first kappa shape index (κ1) is 22.9. The third-order valence-electron chi connectivity index (χ3n) is 5.16. The van der Waals surface area contributed by atoms with Crippen LogP contribution in [0.3, 0.4) is 0 Å². The number of hydrogen-bond acceptors (Lipinski definition) is 4. The van der Waals surface area contributed by atoms with Crippen molar-refractivity contribution in [3.8, 4) is 0 Å². The highest BCUT2D eigenvalue weighted by Gasteiger charge is 2.25. The van der Waals surface area contributed by atoms with Gasteiger partial charge in [-0.25, -0.2) is 0 Å². The molecule has 0 unspecified atom stereocenters. The van der Waals surface area contributed by atoms with Gasteiger partial charge in [-0.1, -0.05) is 24.3 Å². The number of aromatic nitrogens is 2. The Hall–Kier alpha value is -2.82. The van der Waals surface area contributed by atoms with Crippen molar-refractivity contribution in [2.75, 3.05) is 33.2 Å². The molecule has 0 saturated carbocycles. The summed E-state index contributed by atoms with van der Waals surface area (Å²) in [5.41, 5.74) is 2.39. The van der Waals surface area contributed by atoms with E-state index >= 15 is 0 Å². The lowest BCUT2D eigenvalue weighted by atomic mass is 10.1. The van der Waals surface area contributed by atoms with E-state index in [1.54, 1.807) is 25.4 Å². The smallest absolute Gasteiger partial charge is 0.289 e. The third kappa shape index (κ3) is 5.87. The fourth-order valence-electron chi connectivity index (χ4n) is 3.61. The molecule has 8 nitrogen and oxygen atoms in total. The standard InChI is InChI=1S/C22H26N6O2.HI/c1-23-22(27-12-10-26(11-13-27)21(29)20-7-3-14-30-20)24-16-18-5-2-6-19(15-18)17-28-9-4-8-25-28;/h2-9,14-15H,10-13,16-17H2,1H3,(H,23,24);1H. The van der Waals surface area contributed by atoms with E-state index in [2.05, 4.69) is 44.6 Å². The van der Waals surface area contributed by atoms with Crippen LogP contribution in [0.4, 0.5) is 0 Å². The third-order valence-corrected chi connectivity index (χ3v) is 5.16. The number of rotatable bonds is 5. The lowest BCUT2D eigenvalue weighted by Crippen LogP contribution is -2.53. The van der Waals surface area contributed by atoms with Gasteiger partial charge in [0.1, 0.15) is 0 Å². The topological polar surface area (TPSA) is 78.9 Å². The number of nitrogens with one attached hydrogen (secondary N) is 1. The minimum absolute atomic E-state index is 0. The summed E-state index contributed by atoms with van der Waals surface area (Å²) >= 11 is 0. The van der Waals surface area contributed by atoms with Crippen LogP contribution >= 0.6 is 24.0 Å². The maximum atomic E-state index is 12.4. The van der Waals surface area contributed by atoms with Gasteiger partial charge in [0.25, 0.3) is 5.91 Å². The largest absolute Gasteiger partial charge is 0.459 e. The molecule has 3 heterocycles. The Kier molecular flexibility index (Phi) is 8.10. The first-order valence-electron chi connectivity index (χ1n) is 10.1. The lowest BCUT2D eigenvalue weighted by molar-refractivity contribution is 0.0657. The van der Waals surface area contributed by atoms with E-state index in [0.717, 1.165) is 25.6 Å². The molecule has 0 atom stereocenters. The second kappa shape index (κ2) is 11.0. The van der Waals surface area contributed by atoms with E-state index in [1.807, 2.05) is 21.8 Å². The zero-order valence-electron chi connectivity index (χ0n) is 17.5. The van der Waals surface area contributed by atoms with Gasteiger partial charge in [-0.05, 0) is 29.3 Å². The van der Waals surface area contributed by atoms with Crippen molar-refractivity contribution < 1.29 is 9.21 Å². The molecule has 0 radical (unpaired) electrons. The monoisotopic (exact) mass is 534 g/mol. The number of halogens is 1. The highest BCUT2D eigenvalue weighted by atomic mass is 127. The molecule has 9 heteroatoms. The molecule has 4 rings (SSSR count). The number of piperazine rings is 1. The van der Waals surface area contributed by atoms with Gasteiger partial charge in [0, 0.05) is 52.2 Å². The maximum absolute atomic E-state index is 12.4. The number of furan rings is 1. The lowest BCUT2D eigenvalue weighted by Gasteiger charge is -2.36. The van der Waals surface area contributed by atoms with Crippen LogP contribution in [0.25, 0.3) is 0 Å². The number of carbonyl (C=O) groups is 1. The Balaban J connectivity index is 0.00000272. The Morgan fingerprint density at radius 1 is 1.10 bits per heavy atom. The van der Waals surface area contributed by atoms with Crippen molar-refractivity contribution in [2.45, 2.75) is 13.1 Å². The summed E-state index contributed by atoms with van der Waals surface area (Å²) in [6.07, 6.45) is 5.28. The van der Waals surface area contributed by atoms with Gasteiger partial charge in [-0.3, -0.25) is 14.5 Å². The number of guanidine groups is 1. The Morgan fingerprint density at radius 2 is 1.87 bits per heavy atom. The fraction of sp³-hybridized carbons (Fsp3) is 0.318. The normalized spacial score (nSPS) is 14.3. The van der Waals surface area contributed by atoms with Crippen molar-refractivity contribution in [1.29, 1.82) is 0 Å². The van der Waals surface area contributed by atoms with Crippen molar-refractivity contribution >= 4 is 35.8 Å². The van der Waals surface area contributed by atoms with Crippen LogP contribution in [0.15, 0.2) is 70.5 Å². The van der Waals surface area contributed by atoms with E-state index in [-0.39, 0.29) is 29.9 Å². The number of benzene rings is 1. The predicted octanol–water partition coefficient (Wildman–Crippen LogP) is 2.68. The SMILES string of the molecule is CN=C(NCc1cccc(Cn2cccn2)c1)N1CCN(C(=O)c2ccco2)CC1.I. The van der Waals surface area contributed by atoms with E-state index in [4.69, 9.17) is 4.42 Å². The van der Waals surface area contributed by atoms with Gasteiger partial charge < -0.3 is 19.5 Å². The predicted molar refractivity (Wildman–Crippen MR) is 130 cm³/mol. The van der Waals surface area contributed by atoms with Crippen LogP contribution in [-0.4, -0.2) is 64.7 Å². The zero-order valence-corrected chi connectivity index (χ0v) is 19.8. The van der Waals surface area contributed by atoms with E-state index in [9.17, 15) is 4.79 Å². The van der Waals surface area contributed by atoms with Gasteiger partial charge >= 0.3 is 0 Å². The summed E-state index contributed by atoms with van der Waals surface area (Å²) in [7, 11) is 1.79. The van der Waals surface area contributed by atoms with Crippen LogP contribution in [0.5, 0.6) is 0 Å². The summed E-state index contributed by atoms with van der Waals surface area (Å²) in [4.78, 5) is 20.9. The molecular weight excluding hydrogens is 507 g/mol. The fourth-order valence-corrected chi connectivity index (χ4v) is 3.61. The van der Waals surface area contributed by atoms with Crippen molar-refractivity contribution in [3.05, 3.63) is 78.0 Å². The summed E-state index contributed by atoms with van der Waals surface area (Å²) in [6.45, 7) is 4.17. The molecule has 3 aromatic rings. The van der Waals surface area contributed by atoms with Gasteiger partial charge in [0.15, 0.2) is 11.7 Å². The first-order chi connectivity index (χ1) is 14.7. The summed E-state index contributed by atoms with van der Waals surface area (Å²) in [6, 6.07) is 13.8.